The molecule has 2 rings (SSSR count). The minimum atomic E-state index is -0.00542. The quantitative estimate of drug-likeness (QED) is 0.803. The van der Waals surface area contributed by atoms with Crippen LogP contribution in [0.5, 0.6) is 0 Å². The van der Waals surface area contributed by atoms with E-state index in [4.69, 9.17) is 0 Å². The second-order valence-corrected chi connectivity index (χ2v) is 4.30. The highest BCUT2D eigenvalue weighted by molar-refractivity contribution is 5.94. The highest BCUT2D eigenvalue weighted by atomic mass is 16.1. The molecule has 1 N–H and O–H groups in total. The average molecular weight is 215 g/mol. The van der Waals surface area contributed by atoms with Gasteiger partial charge in [-0.3, -0.25) is 4.79 Å². The van der Waals surface area contributed by atoms with Crippen molar-refractivity contribution in [2.75, 3.05) is 5.32 Å². The molecule has 0 radical (unpaired) electrons. The van der Waals surface area contributed by atoms with Gasteiger partial charge in [0.15, 0.2) is 0 Å². The van der Waals surface area contributed by atoms with E-state index in [0.29, 0.717) is 0 Å². The molecule has 1 amide bonds. The predicted molar refractivity (Wildman–Crippen MR) is 67.3 cm³/mol. The molecule has 2 nitrogen and oxygen atoms in total. The molecule has 0 heterocycles. The number of para-hydroxylation sites is 1. The molecule has 2 heteroatoms. The van der Waals surface area contributed by atoms with Crippen LogP contribution in [0.1, 0.15) is 37.3 Å². The van der Waals surface area contributed by atoms with E-state index in [1.807, 2.05) is 13.0 Å². The average Bonchev–Trinajstić information content (AvgIpc) is 2.73. The molecule has 0 saturated carbocycles. The zero-order chi connectivity index (χ0) is 11.5. The monoisotopic (exact) mass is 215 g/mol. The number of nitrogens with one attached hydrogen (secondary N) is 1. The molecule has 0 fully saturated rings. The molecule has 0 aliphatic heterocycles. The first-order valence-electron chi connectivity index (χ1n) is 5.75. The molecular formula is C14H17NO. The van der Waals surface area contributed by atoms with Gasteiger partial charge in [0.25, 0.3) is 0 Å². The first-order chi connectivity index (χ1) is 7.68. The molecule has 0 aromatic heterocycles. The lowest BCUT2D eigenvalue weighted by Gasteiger charge is -2.13. The lowest BCUT2D eigenvalue weighted by Crippen LogP contribution is -2.09. The van der Waals surface area contributed by atoms with Gasteiger partial charge in [-0.2, -0.15) is 0 Å². The van der Waals surface area contributed by atoms with E-state index in [0.717, 1.165) is 24.1 Å². The van der Waals surface area contributed by atoms with Gasteiger partial charge in [-0.1, -0.05) is 24.3 Å². The zero-order valence-electron chi connectivity index (χ0n) is 9.84. The van der Waals surface area contributed by atoms with Crippen LogP contribution in [0.15, 0.2) is 24.3 Å². The van der Waals surface area contributed by atoms with Crippen LogP contribution in [0.2, 0.25) is 0 Å². The molecule has 1 aromatic carbocycles. The number of amides is 1. The van der Waals surface area contributed by atoms with Gasteiger partial charge in [-0.05, 0) is 37.3 Å². The van der Waals surface area contributed by atoms with E-state index in [-0.39, 0.29) is 5.91 Å². The van der Waals surface area contributed by atoms with Crippen molar-refractivity contribution in [1.29, 1.82) is 0 Å². The Kier molecular flexibility index (Phi) is 3.09. The summed E-state index contributed by atoms with van der Waals surface area (Å²) in [6, 6.07) is 6.18. The number of rotatable bonds is 2. The summed E-state index contributed by atoms with van der Waals surface area (Å²) >= 11 is 0. The highest BCUT2D eigenvalue weighted by Crippen LogP contribution is 2.34. The van der Waals surface area contributed by atoms with Crippen molar-refractivity contribution in [2.45, 2.75) is 33.1 Å². The summed E-state index contributed by atoms with van der Waals surface area (Å²) in [5.74, 6) is -0.00542. The molecule has 0 spiro atoms. The van der Waals surface area contributed by atoms with Crippen molar-refractivity contribution >= 4 is 17.2 Å². The maximum absolute atomic E-state index is 11.2. The largest absolute Gasteiger partial charge is 0.326 e. The summed E-state index contributed by atoms with van der Waals surface area (Å²) < 4.78 is 0. The van der Waals surface area contributed by atoms with E-state index >= 15 is 0 Å². The van der Waals surface area contributed by atoms with Gasteiger partial charge in [0.05, 0.1) is 5.69 Å². The molecule has 16 heavy (non-hydrogen) atoms. The molecule has 0 unspecified atom stereocenters. The van der Waals surface area contributed by atoms with Gasteiger partial charge in [0.2, 0.25) is 5.91 Å². The van der Waals surface area contributed by atoms with Gasteiger partial charge in [-0.25, -0.2) is 0 Å². The Labute approximate surface area is 96.4 Å². The van der Waals surface area contributed by atoms with Crippen molar-refractivity contribution in [3.05, 3.63) is 35.4 Å². The van der Waals surface area contributed by atoms with Crippen molar-refractivity contribution in [3.63, 3.8) is 0 Å². The maximum atomic E-state index is 11.2. The minimum absolute atomic E-state index is 0.00542. The molecule has 1 aromatic rings. The molecule has 1 aliphatic carbocycles. The number of allylic oxidation sites excluding steroid dienone is 2. The first-order valence-corrected chi connectivity index (χ1v) is 5.75. The number of anilines is 1. The van der Waals surface area contributed by atoms with Crippen molar-refractivity contribution in [3.8, 4) is 0 Å². The standard InChI is InChI=1S/C14H17NO/c1-10-6-5-9-13(12-7-3-4-8-12)14(10)15-11(2)16/h5-7,9H,3-4,8H2,1-2H3,(H,15,16). The predicted octanol–water partition coefficient (Wildman–Crippen LogP) is 3.52. The van der Waals surface area contributed by atoms with Crippen LogP contribution in [0.3, 0.4) is 0 Å². The van der Waals surface area contributed by atoms with E-state index in [9.17, 15) is 4.79 Å². The molecule has 0 bridgehead atoms. The highest BCUT2D eigenvalue weighted by Gasteiger charge is 2.13. The summed E-state index contributed by atoms with van der Waals surface area (Å²) in [6.45, 7) is 3.59. The third kappa shape index (κ3) is 2.16. The maximum Gasteiger partial charge on any atom is 0.221 e. The Morgan fingerprint density at radius 1 is 1.38 bits per heavy atom. The van der Waals surface area contributed by atoms with Crippen LogP contribution >= 0.6 is 0 Å². The number of aryl methyl sites for hydroxylation is 1. The summed E-state index contributed by atoms with van der Waals surface area (Å²) in [6.07, 6.45) is 5.78. The fourth-order valence-electron chi connectivity index (χ4n) is 2.19. The van der Waals surface area contributed by atoms with Crippen LogP contribution in [-0.2, 0) is 4.79 Å². The Hall–Kier alpha value is -1.57. The van der Waals surface area contributed by atoms with E-state index in [2.05, 4.69) is 23.5 Å². The number of carbonyl (C=O) groups excluding carboxylic acids is 1. The Morgan fingerprint density at radius 3 is 2.81 bits per heavy atom. The van der Waals surface area contributed by atoms with Crippen LogP contribution in [0.25, 0.3) is 5.57 Å². The van der Waals surface area contributed by atoms with Crippen LogP contribution in [0.4, 0.5) is 5.69 Å². The number of benzene rings is 1. The fourth-order valence-corrected chi connectivity index (χ4v) is 2.19. The van der Waals surface area contributed by atoms with Crippen LogP contribution in [0, 0.1) is 6.92 Å². The fraction of sp³-hybridized carbons (Fsp3) is 0.357. The summed E-state index contributed by atoms with van der Waals surface area (Å²) in [5, 5.41) is 2.94. The molecule has 0 saturated heterocycles. The second-order valence-electron chi connectivity index (χ2n) is 4.30. The SMILES string of the molecule is CC(=O)Nc1c(C)cccc1C1=CCCC1. The molecular weight excluding hydrogens is 198 g/mol. The van der Waals surface area contributed by atoms with Crippen molar-refractivity contribution in [2.24, 2.45) is 0 Å². The Bertz CT molecular complexity index is 446. The lowest BCUT2D eigenvalue weighted by atomic mass is 10.00. The molecule has 1 aliphatic rings. The number of hydrogen-bond acceptors (Lipinski definition) is 1. The number of carbonyl (C=O) groups is 1. The first kappa shape index (κ1) is 10.9. The lowest BCUT2D eigenvalue weighted by molar-refractivity contribution is -0.114. The zero-order valence-corrected chi connectivity index (χ0v) is 9.84. The number of hydrogen-bond donors (Lipinski definition) is 1. The van der Waals surface area contributed by atoms with Crippen LogP contribution < -0.4 is 5.32 Å². The third-order valence-electron chi connectivity index (χ3n) is 2.96. The van der Waals surface area contributed by atoms with Crippen molar-refractivity contribution in [1.82, 2.24) is 0 Å². The van der Waals surface area contributed by atoms with Crippen molar-refractivity contribution < 1.29 is 4.79 Å². The minimum Gasteiger partial charge on any atom is -0.326 e. The Balaban J connectivity index is 2.43. The molecule has 84 valence electrons. The summed E-state index contributed by atoms with van der Waals surface area (Å²) in [4.78, 5) is 11.2. The molecule has 0 atom stereocenters. The van der Waals surface area contributed by atoms with Crippen LogP contribution in [-0.4, -0.2) is 5.91 Å². The van der Waals surface area contributed by atoms with Gasteiger partial charge >= 0.3 is 0 Å². The van der Waals surface area contributed by atoms with E-state index in [1.165, 1.54) is 17.6 Å². The topological polar surface area (TPSA) is 29.1 Å². The smallest absolute Gasteiger partial charge is 0.221 e. The second kappa shape index (κ2) is 4.52. The van der Waals surface area contributed by atoms with Gasteiger partial charge in [0.1, 0.15) is 0 Å². The van der Waals surface area contributed by atoms with Gasteiger partial charge in [-0.15, -0.1) is 0 Å². The van der Waals surface area contributed by atoms with E-state index < -0.39 is 0 Å². The van der Waals surface area contributed by atoms with Gasteiger partial charge < -0.3 is 5.32 Å². The van der Waals surface area contributed by atoms with E-state index in [1.54, 1.807) is 6.92 Å². The summed E-state index contributed by atoms with van der Waals surface area (Å²) in [7, 11) is 0. The normalized spacial score (nSPS) is 14.8. The van der Waals surface area contributed by atoms with Gasteiger partial charge in [0, 0.05) is 12.5 Å². The Morgan fingerprint density at radius 2 is 2.19 bits per heavy atom. The summed E-state index contributed by atoms with van der Waals surface area (Å²) in [5.41, 5.74) is 4.66. The third-order valence-corrected chi connectivity index (χ3v) is 2.96.